The number of carbonyl (C=O) groups is 3. The predicted octanol–water partition coefficient (Wildman–Crippen LogP) is -0.437. The number of guanidine groups is 1. The summed E-state index contributed by atoms with van der Waals surface area (Å²) in [4.78, 5) is 33.1. The van der Waals surface area contributed by atoms with E-state index in [1.165, 1.54) is 0 Å². The Morgan fingerprint density at radius 2 is 1.71 bits per heavy atom. The van der Waals surface area contributed by atoms with Crippen LogP contribution in [0.15, 0.2) is 35.3 Å². The zero-order chi connectivity index (χ0) is 21.9. The van der Waals surface area contributed by atoms with E-state index in [2.05, 4.69) is 9.73 Å². The van der Waals surface area contributed by atoms with Crippen LogP contribution in [0.5, 0.6) is 0 Å². The van der Waals surface area contributed by atoms with Crippen molar-refractivity contribution >= 4 is 36.3 Å². The van der Waals surface area contributed by atoms with Crippen molar-refractivity contribution < 1.29 is 24.2 Å². The molecule has 10 nitrogen and oxygen atoms in total. The molecule has 0 aliphatic rings. The number of hydrogen-bond donors (Lipinski definition) is 5. The van der Waals surface area contributed by atoms with Crippen LogP contribution in [-0.4, -0.2) is 54.5 Å². The standard InChI is InChI=1S/C9H11NO2.C7H15ClN4O2.CH2O/c10-8(9(11)12)6-7-4-2-1-3-5-7;8-4-14-6(13)5(9)2-1-3-12-7(10)11;1-2/h1-5,8H,6,10H2,(H,11,12);5H,1-4,9H2,(H4,10,11,12);1H2/t8-;5-;/m10./s1. The van der Waals surface area contributed by atoms with Crippen LogP contribution >= 0.6 is 11.6 Å². The lowest BCUT2D eigenvalue weighted by Gasteiger charge is -2.08. The number of ether oxygens (including phenoxy) is 1. The van der Waals surface area contributed by atoms with E-state index in [1.807, 2.05) is 37.1 Å². The van der Waals surface area contributed by atoms with Crippen molar-refractivity contribution in [1.29, 1.82) is 0 Å². The van der Waals surface area contributed by atoms with Crippen molar-refractivity contribution in [2.45, 2.75) is 31.3 Å². The average molecular weight is 418 g/mol. The van der Waals surface area contributed by atoms with Gasteiger partial charge in [0.05, 0.1) is 0 Å². The zero-order valence-corrected chi connectivity index (χ0v) is 16.3. The van der Waals surface area contributed by atoms with E-state index in [0.29, 0.717) is 25.8 Å². The summed E-state index contributed by atoms with van der Waals surface area (Å²) in [5, 5.41) is 8.52. The van der Waals surface area contributed by atoms with Gasteiger partial charge in [0.15, 0.2) is 12.0 Å². The molecule has 0 saturated carbocycles. The van der Waals surface area contributed by atoms with Gasteiger partial charge in [0, 0.05) is 6.54 Å². The summed E-state index contributed by atoms with van der Waals surface area (Å²) in [6.45, 7) is 2.45. The van der Waals surface area contributed by atoms with Crippen LogP contribution in [0.3, 0.4) is 0 Å². The first kappa shape index (κ1) is 27.5. The molecule has 0 amide bonds. The molecule has 0 bridgehead atoms. The number of nitrogens with two attached hydrogens (primary N) is 4. The van der Waals surface area contributed by atoms with Gasteiger partial charge in [0.25, 0.3) is 0 Å². The molecule has 0 aromatic heterocycles. The van der Waals surface area contributed by atoms with Crippen LogP contribution < -0.4 is 22.9 Å². The molecule has 0 radical (unpaired) electrons. The Bertz CT molecular complexity index is 585. The van der Waals surface area contributed by atoms with Crippen molar-refractivity contribution in [3.05, 3.63) is 35.9 Å². The molecule has 11 heteroatoms. The number of hydrogen-bond acceptors (Lipinski definition) is 7. The maximum Gasteiger partial charge on any atom is 0.324 e. The number of halogens is 1. The fourth-order valence-corrected chi connectivity index (χ4v) is 1.86. The third-order valence-electron chi connectivity index (χ3n) is 3.08. The highest BCUT2D eigenvalue weighted by Gasteiger charge is 2.13. The first-order valence-electron chi connectivity index (χ1n) is 8.12. The second kappa shape index (κ2) is 17.7. The Balaban J connectivity index is 0. The molecule has 0 spiro atoms. The van der Waals surface area contributed by atoms with Gasteiger partial charge in [-0.3, -0.25) is 14.6 Å². The van der Waals surface area contributed by atoms with E-state index in [0.717, 1.165) is 5.56 Å². The number of nitrogens with zero attached hydrogens (tertiary/aromatic N) is 1. The van der Waals surface area contributed by atoms with Crippen molar-refractivity contribution in [3.63, 3.8) is 0 Å². The lowest BCUT2D eigenvalue weighted by Crippen LogP contribution is -2.32. The SMILES string of the molecule is C=O.NC(N)=NCCC[C@H](N)C(=O)OCCl.N[C@H](Cc1ccccc1)C(=O)O. The van der Waals surface area contributed by atoms with Gasteiger partial charge in [-0.2, -0.15) is 0 Å². The molecule has 0 unspecified atom stereocenters. The molecule has 28 heavy (non-hydrogen) atoms. The summed E-state index contributed by atoms with van der Waals surface area (Å²) in [5.41, 5.74) is 22.0. The molecule has 0 saturated heterocycles. The summed E-state index contributed by atoms with van der Waals surface area (Å²) in [7, 11) is 0. The summed E-state index contributed by atoms with van der Waals surface area (Å²) < 4.78 is 4.50. The predicted molar refractivity (Wildman–Crippen MR) is 108 cm³/mol. The second-order valence-electron chi connectivity index (χ2n) is 5.26. The average Bonchev–Trinajstić information content (AvgIpc) is 2.68. The summed E-state index contributed by atoms with van der Waals surface area (Å²) >= 11 is 5.19. The summed E-state index contributed by atoms with van der Waals surface area (Å²) in [5.74, 6) is -1.44. The van der Waals surface area contributed by atoms with E-state index in [9.17, 15) is 9.59 Å². The van der Waals surface area contributed by atoms with Crippen LogP contribution in [0, 0.1) is 0 Å². The van der Waals surface area contributed by atoms with E-state index in [-0.39, 0.29) is 12.0 Å². The molecule has 0 aliphatic carbocycles. The number of esters is 1. The lowest BCUT2D eigenvalue weighted by molar-refractivity contribution is -0.143. The number of rotatable bonds is 9. The number of carboxylic acid groups (broad SMARTS) is 1. The van der Waals surface area contributed by atoms with Gasteiger partial charge >= 0.3 is 11.9 Å². The van der Waals surface area contributed by atoms with Crippen LogP contribution in [0.1, 0.15) is 18.4 Å². The smallest absolute Gasteiger partial charge is 0.324 e. The third-order valence-corrected chi connectivity index (χ3v) is 3.19. The maximum atomic E-state index is 11.0. The number of carboxylic acids is 1. The quantitative estimate of drug-likeness (QED) is 0.116. The van der Waals surface area contributed by atoms with Crippen molar-refractivity contribution in [1.82, 2.24) is 0 Å². The molecule has 1 aromatic carbocycles. The number of alkyl halides is 1. The van der Waals surface area contributed by atoms with Gasteiger partial charge in [0.2, 0.25) is 0 Å². The highest BCUT2D eigenvalue weighted by molar-refractivity contribution is 6.17. The molecular weight excluding hydrogens is 390 g/mol. The fraction of sp³-hybridized carbons (Fsp3) is 0.412. The Kier molecular flexibility index (Phi) is 17.4. The first-order chi connectivity index (χ1) is 13.3. The summed E-state index contributed by atoms with van der Waals surface area (Å²) in [6, 6.07) is 7.70. The topological polar surface area (TPSA) is 197 Å². The highest BCUT2D eigenvalue weighted by Crippen LogP contribution is 2.01. The van der Waals surface area contributed by atoms with Gasteiger partial charge in [-0.25, -0.2) is 0 Å². The summed E-state index contributed by atoms with van der Waals surface area (Å²) in [6.07, 6.45) is 1.47. The minimum atomic E-state index is -0.959. The van der Waals surface area contributed by atoms with Crippen LogP contribution in [0.2, 0.25) is 0 Å². The van der Waals surface area contributed by atoms with Crippen LogP contribution in [0.4, 0.5) is 0 Å². The van der Waals surface area contributed by atoms with Gasteiger partial charge in [-0.1, -0.05) is 41.9 Å². The number of aliphatic carboxylic acids is 1. The van der Waals surface area contributed by atoms with Gasteiger partial charge < -0.3 is 37.6 Å². The number of aliphatic imine (C=N–C) groups is 1. The minimum Gasteiger partial charge on any atom is -0.480 e. The fourth-order valence-electron chi connectivity index (χ4n) is 1.75. The number of benzene rings is 1. The van der Waals surface area contributed by atoms with Crippen molar-refractivity contribution in [2.75, 3.05) is 12.6 Å². The largest absolute Gasteiger partial charge is 0.480 e. The molecule has 9 N–H and O–H groups in total. The maximum absolute atomic E-state index is 11.0. The van der Waals surface area contributed by atoms with Crippen molar-refractivity contribution in [2.24, 2.45) is 27.9 Å². The normalized spacial score (nSPS) is 11.4. The van der Waals surface area contributed by atoms with Crippen molar-refractivity contribution in [3.8, 4) is 0 Å². The van der Waals surface area contributed by atoms with E-state index >= 15 is 0 Å². The molecule has 0 heterocycles. The Labute approximate surface area is 168 Å². The second-order valence-corrected chi connectivity index (χ2v) is 5.48. The van der Waals surface area contributed by atoms with Gasteiger partial charge in [-0.15, -0.1) is 0 Å². The molecule has 0 aliphatic heterocycles. The van der Waals surface area contributed by atoms with Gasteiger partial charge in [0.1, 0.15) is 18.9 Å². The molecule has 1 rings (SSSR count). The monoisotopic (exact) mass is 417 g/mol. The lowest BCUT2D eigenvalue weighted by atomic mass is 10.1. The van der Waals surface area contributed by atoms with E-state index < -0.39 is 24.0 Å². The molecule has 2 atom stereocenters. The zero-order valence-electron chi connectivity index (χ0n) is 15.5. The minimum absolute atomic E-state index is 0.0295. The molecule has 1 aromatic rings. The Morgan fingerprint density at radius 3 is 2.18 bits per heavy atom. The van der Waals surface area contributed by atoms with Crippen LogP contribution in [0.25, 0.3) is 0 Å². The highest BCUT2D eigenvalue weighted by atomic mass is 35.5. The van der Waals surface area contributed by atoms with E-state index in [4.69, 9.17) is 44.4 Å². The van der Waals surface area contributed by atoms with Crippen LogP contribution in [-0.2, 0) is 25.5 Å². The third kappa shape index (κ3) is 15.6. The van der Waals surface area contributed by atoms with Gasteiger partial charge in [-0.05, 0) is 24.8 Å². The molecule has 0 fully saturated rings. The Morgan fingerprint density at radius 1 is 1.14 bits per heavy atom. The van der Waals surface area contributed by atoms with E-state index in [1.54, 1.807) is 0 Å². The first-order valence-corrected chi connectivity index (χ1v) is 8.66. The molecule has 158 valence electrons. The molecular formula is C17H28ClN5O5. The number of carbonyl (C=O) groups excluding carboxylic acids is 2. The Hall–Kier alpha value is -2.69.